The van der Waals surface area contributed by atoms with Crippen molar-refractivity contribution < 1.29 is 47.9 Å². The number of unbranched alkanes of at least 4 members (excludes halogenated alkanes) is 1. The molecule has 0 aliphatic heterocycles. The standard InChI is InChI=1S/C24H63N9O7Si8.C12H14O4/c1-41(2,3)34-43(7,8)36-44(9,10)37-45(11,12)38-47(14,23-17-20-29-32-26)40-48(15,24-18-21-30-33-27)39-46(13,35-42(4,5)6)22-16-19-28-31-25;1-3-9-15-11(13)7-5-6-8-12(14)16-10-4-2/h16-24H2,1-15H3;1-2H,5-10H2. The highest BCUT2D eigenvalue weighted by atomic mass is 28.5. The normalized spacial score (nSPS) is 14.8. The summed E-state index contributed by atoms with van der Waals surface area (Å²) in [6.45, 7) is 32.2. The second-order valence-corrected chi connectivity index (χ2v) is 49.5. The maximum atomic E-state index is 11.0. The summed E-state index contributed by atoms with van der Waals surface area (Å²) < 4.78 is 57.4. The SMILES string of the molecule is C#CCOC(=O)CCCCC(=O)OCC#C.C[Si](C)(C)O[Si](C)(C)O[Si](C)(C)O[Si](C)(C)O[Si](C)(CCCN=[N+]=[N-])O[Si](C)(CCCN=[N+]=[N-])O[Si](C)(CCCN=[N+]=[N-])O[Si](C)(C)C. The van der Waals surface area contributed by atoms with Crippen LogP contribution in [-0.2, 0) is 47.9 Å². The lowest BCUT2D eigenvalue weighted by Gasteiger charge is -2.46. The zero-order chi connectivity index (χ0) is 49.8. The van der Waals surface area contributed by atoms with Gasteiger partial charge in [0.2, 0.25) is 0 Å². The molecule has 0 aromatic heterocycles. The van der Waals surface area contributed by atoms with Crippen molar-refractivity contribution in [3.8, 4) is 24.7 Å². The van der Waals surface area contributed by atoms with E-state index in [1.54, 1.807) is 0 Å². The Kier molecular flexibility index (Phi) is 30.5. The molecule has 0 rings (SSSR count). The molecule has 0 radical (unpaired) electrons. The fraction of sp³-hybridized carbons (Fsp3) is 0.833. The Bertz CT molecular complexity index is 1640. The Hall–Kier alpha value is -2.55. The van der Waals surface area contributed by atoms with Gasteiger partial charge in [0, 0.05) is 47.2 Å². The fourth-order valence-electron chi connectivity index (χ4n) is 6.91. The molecule has 0 heterocycles. The van der Waals surface area contributed by atoms with Crippen LogP contribution in [0.15, 0.2) is 15.3 Å². The first-order valence-electron chi connectivity index (χ1n) is 21.5. The maximum Gasteiger partial charge on any atom is 0.317 e. The first-order valence-corrected chi connectivity index (χ1v) is 44.3. The minimum absolute atomic E-state index is 0.0109. The van der Waals surface area contributed by atoms with Gasteiger partial charge in [0.15, 0.2) is 29.8 Å². The second-order valence-electron chi connectivity index (χ2n) is 18.7. The van der Waals surface area contributed by atoms with Gasteiger partial charge in [-0.3, -0.25) is 9.59 Å². The molecule has 0 aliphatic rings. The molecule has 0 aliphatic carbocycles. The lowest BCUT2D eigenvalue weighted by molar-refractivity contribution is -0.144. The molecule has 3 atom stereocenters. The minimum atomic E-state index is -3.09. The number of azide groups is 3. The summed E-state index contributed by atoms with van der Waals surface area (Å²) >= 11 is 0. The molecule has 0 aromatic rings. The van der Waals surface area contributed by atoms with Crippen molar-refractivity contribution >= 4 is 79.9 Å². The number of carbonyl (C=O) groups is 2. The largest absolute Gasteiger partial charge is 0.452 e. The summed E-state index contributed by atoms with van der Waals surface area (Å²) in [6, 6.07) is 1.75. The Morgan fingerprint density at radius 3 is 1.06 bits per heavy atom. The molecule has 0 fully saturated rings. The highest BCUT2D eigenvalue weighted by Gasteiger charge is 2.52. The molecule has 364 valence electrons. The average molecular weight is 1040 g/mol. The van der Waals surface area contributed by atoms with E-state index in [1.807, 2.05) is 39.3 Å². The van der Waals surface area contributed by atoms with Crippen LogP contribution in [0.25, 0.3) is 31.3 Å². The molecule has 0 bridgehead atoms. The Morgan fingerprint density at radius 1 is 0.453 bits per heavy atom. The topological polar surface area (TPSA) is 263 Å². The quantitative estimate of drug-likeness (QED) is 0.0113. The molecule has 20 nitrogen and oxygen atoms in total. The van der Waals surface area contributed by atoms with Crippen molar-refractivity contribution in [2.75, 3.05) is 32.8 Å². The van der Waals surface area contributed by atoms with Crippen LogP contribution in [0.1, 0.15) is 44.9 Å². The molecule has 0 N–H and O–H groups in total. The van der Waals surface area contributed by atoms with Gasteiger partial charge in [-0.25, -0.2) is 0 Å². The monoisotopic (exact) mass is 1040 g/mol. The van der Waals surface area contributed by atoms with E-state index in [9.17, 15) is 9.59 Å². The van der Waals surface area contributed by atoms with Gasteiger partial charge in [0.25, 0.3) is 0 Å². The molecular formula is C36H77N9O11Si8. The maximum absolute atomic E-state index is 11.0. The highest BCUT2D eigenvalue weighted by molar-refractivity contribution is 6.93. The first-order chi connectivity index (χ1) is 29.3. The summed E-state index contributed by atoms with van der Waals surface area (Å²) in [5, 5.41) is 11.2. The van der Waals surface area contributed by atoms with Crippen LogP contribution in [0, 0.1) is 24.7 Å². The molecule has 64 heavy (non-hydrogen) atoms. The van der Waals surface area contributed by atoms with Crippen molar-refractivity contribution in [2.24, 2.45) is 15.3 Å². The van der Waals surface area contributed by atoms with Crippen LogP contribution in [0.4, 0.5) is 0 Å². The third-order valence-corrected chi connectivity index (χ3v) is 38.7. The number of nitrogens with zero attached hydrogens (tertiary/aromatic N) is 9. The van der Waals surface area contributed by atoms with Crippen molar-refractivity contribution in [1.82, 2.24) is 0 Å². The van der Waals surface area contributed by atoms with E-state index < -0.39 is 68.0 Å². The zero-order valence-corrected chi connectivity index (χ0v) is 49.3. The van der Waals surface area contributed by atoms with E-state index in [0.29, 0.717) is 69.9 Å². The van der Waals surface area contributed by atoms with E-state index in [4.69, 9.17) is 58.2 Å². The molecule has 0 spiro atoms. The summed E-state index contributed by atoms with van der Waals surface area (Å²) in [5.74, 6) is 3.69. The summed E-state index contributed by atoms with van der Waals surface area (Å²) in [6.07, 6.45) is 13.2. The fourth-order valence-corrected chi connectivity index (χ4v) is 47.0. The number of carbonyl (C=O) groups excluding carboxylic acids is 2. The third-order valence-electron chi connectivity index (χ3n) is 7.88. The zero-order valence-electron chi connectivity index (χ0n) is 41.3. The Morgan fingerprint density at radius 2 is 0.750 bits per heavy atom. The van der Waals surface area contributed by atoms with E-state index in [1.165, 1.54) is 0 Å². The first kappa shape index (κ1) is 63.5. The number of hydrogen-bond acceptors (Lipinski definition) is 14. The van der Waals surface area contributed by atoms with E-state index in [0.717, 1.165) is 0 Å². The molecule has 0 saturated heterocycles. The van der Waals surface area contributed by atoms with E-state index in [-0.39, 0.29) is 38.0 Å². The molecule has 0 aromatic carbocycles. The van der Waals surface area contributed by atoms with Crippen LogP contribution in [0.3, 0.4) is 0 Å². The summed E-state index contributed by atoms with van der Waals surface area (Å²) in [7, 11) is -21.0. The van der Waals surface area contributed by atoms with Gasteiger partial charge in [0.05, 0.1) is 0 Å². The summed E-state index contributed by atoms with van der Waals surface area (Å²) in [5.41, 5.74) is 26.7. The van der Waals surface area contributed by atoms with Gasteiger partial charge in [-0.2, -0.15) is 0 Å². The van der Waals surface area contributed by atoms with Crippen LogP contribution >= 0.6 is 0 Å². The number of terminal acetylenes is 2. The molecule has 0 saturated carbocycles. The van der Waals surface area contributed by atoms with Crippen molar-refractivity contribution in [3.63, 3.8) is 0 Å². The third kappa shape index (κ3) is 35.7. The van der Waals surface area contributed by atoms with Crippen LogP contribution in [0.5, 0.6) is 0 Å². The lowest BCUT2D eigenvalue weighted by atomic mass is 10.2. The van der Waals surface area contributed by atoms with E-state index in [2.05, 4.69) is 110 Å². The second kappa shape index (κ2) is 30.7. The van der Waals surface area contributed by atoms with Crippen molar-refractivity contribution in [1.29, 1.82) is 0 Å². The molecule has 3 unspecified atom stereocenters. The van der Waals surface area contributed by atoms with Crippen molar-refractivity contribution in [3.05, 3.63) is 31.3 Å². The van der Waals surface area contributed by atoms with Gasteiger partial charge in [-0.05, 0) is 165 Å². The molecule has 28 heteroatoms. The van der Waals surface area contributed by atoms with Gasteiger partial charge in [-0.15, -0.1) is 12.8 Å². The highest BCUT2D eigenvalue weighted by Crippen LogP contribution is 2.35. The van der Waals surface area contributed by atoms with Gasteiger partial charge in [-0.1, -0.05) is 27.2 Å². The average Bonchev–Trinajstić information content (AvgIpc) is 3.10. The van der Waals surface area contributed by atoms with Crippen LogP contribution < -0.4 is 0 Å². The van der Waals surface area contributed by atoms with Crippen LogP contribution in [-0.4, -0.2) is 113 Å². The Labute approximate surface area is 391 Å². The minimum Gasteiger partial charge on any atom is -0.452 e. The number of hydrogen-bond donors (Lipinski definition) is 0. The molecule has 0 amide bonds. The van der Waals surface area contributed by atoms with Gasteiger partial charge < -0.3 is 38.3 Å². The molecular weight excluding hydrogens is 959 g/mol. The predicted octanol–water partition coefficient (Wildman–Crippen LogP) is 11.1. The smallest absolute Gasteiger partial charge is 0.317 e. The van der Waals surface area contributed by atoms with Gasteiger partial charge >= 0.3 is 63.3 Å². The number of esters is 2. The number of ether oxygens (including phenoxy) is 2. The predicted molar refractivity (Wildman–Crippen MR) is 270 cm³/mol. The van der Waals surface area contributed by atoms with Crippen molar-refractivity contribution in [2.45, 2.75) is 161 Å². The lowest BCUT2D eigenvalue weighted by Crippen LogP contribution is -2.63. The van der Waals surface area contributed by atoms with Crippen LogP contribution in [0.2, 0.25) is 116 Å². The van der Waals surface area contributed by atoms with Gasteiger partial charge in [0.1, 0.15) is 0 Å². The summed E-state index contributed by atoms with van der Waals surface area (Å²) in [4.78, 5) is 30.7. The number of rotatable bonds is 33. The van der Waals surface area contributed by atoms with E-state index >= 15 is 0 Å². The Balaban J connectivity index is 0.